The number of anilines is 1. The second-order valence-electron chi connectivity index (χ2n) is 8.33. The van der Waals surface area contributed by atoms with Crippen molar-refractivity contribution in [1.29, 1.82) is 0 Å². The minimum absolute atomic E-state index is 0.0680. The number of para-hydroxylation sites is 1. The number of benzene rings is 3. The fraction of sp³-hybridized carbons (Fsp3) is 0.241. The highest BCUT2D eigenvalue weighted by molar-refractivity contribution is 6.51. The first kappa shape index (κ1) is 25.6. The minimum atomic E-state index is -0.953. The predicted molar refractivity (Wildman–Crippen MR) is 140 cm³/mol. The highest BCUT2D eigenvalue weighted by Crippen LogP contribution is 2.45. The van der Waals surface area contributed by atoms with Crippen LogP contribution in [0.15, 0.2) is 72.3 Å². The average molecular weight is 504 g/mol. The zero-order chi connectivity index (χ0) is 26.5. The largest absolute Gasteiger partial charge is 0.507 e. The molecule has 0 radical (unpaired) electrons. The van der Waals surface area contributed by atoms with E-state index in [2.05, 4.69) is 0 Å². The Bertz CT molecular complexity index is 1350. The number of aliphatic hydroxyl groups excluding tert-OH is 1. The number of aliphatic hydroxyl groups is 1. The molecule has 0 saturated carbocycles. The van der Waals surface area contributed by atoms with Crippen molar-refractivity contribution in [2.45, 2.75) is 19.4 Å². The van der Waals surface area contributed by atoms with Crippen molar-refractivity contribution in [3.8, 4) is 23.0 Å². The van der Waals surface area contributed by atoms with Gasteiger partial charge in [0, 0.05) is 22.9 Å². The van der Waals surface area contributed by atoms with Gasteiger partial charge in [-0.25, -0.2) is 0 Å². The molecule has 1 N–H and O–H groups in total. The fourth-order valence-electron chi connectivity index (χ4n) is 4.37. The fourth-order valence-corrected chi connectivity index (χ4v) is 4.37. The summed E-state index contributed by atoms with van der Waals surface area (Å²) in [5.41, 5.74) is 1.24. The van der Waals surface area contributed by atoms with Crippen LogP contribution in [-0.2, 0) is 9.59 Å². The first-order valence-corrected chi connectivity index (χ1v) is 11.8. The number of Topliss-reactive ketones (excluding diaryl/α,β-unsaturated/α-hetero) is 1. The standard InChI is InChI=1S/C29H29NO7/c1-5-15-37-20-10-8-9-19(17-20)30-26(21-11-6-7-12-22(21)34-2)25(28(32)29(30)33)27(31)18-13-14-23(35-3)24(16-18)36-4/h6-14,16-17,26,31H,5,15H2,1-4H3/b27-25+. The van der Waals surface area contributed by atoms with Crippen LogP contribution in [0.2, 0.25) is 0 Å². The maximum Gasteiger partial charge on any atom is 0.300 e. The van der Waals surface area contributed by atoms with Crippen LogP contribution in [0.25, 0.3) is 5.76 Å². The number of hydrogen-bond donors (Lipinski definition) is 1. The summed E-state index contributed by atoms with van der Waals surface area (Å²) in [6, 6.07) is 17.9. The Labute approximate surface area is 215 Å². The lowest BCUT2D eigenvalue weighted by Crippen LogP contribution is -2.29. The molecule has 8 nitrogen and oxygen atoms in total. The zero-order valence-electron chi connectivity index (χ0n) is 21.2. The first-order valence-electron chi connectivity index (χ1n) is 11.8. The van der Waals surface area contributed by atoms with E-state index in [1.165, 1.54) is 26.2 Å². The molecule has 1 heterocycles. The van der Waals surface area contributed by atoms with Crippen LogP contribution in [0.1, 0.15) is 30.5 Å². The molecule has 37 heavy (non-hydrogen) atoms. The van der Waals surface area contributed by atoms with Crippen molar-refractivity contribution in [2.24, 2.45) is 0 Å². The summed E-state index contributed by atoms with van der Waals surface area (Å²) in [6.07, 6.45) is 0.821. The molecule has 3 aromatic rings. The second-order valence-corrected chi connectivity index (χ2v) is 8.33. The number of amides is 1. The molecule has 1 saturated heterocycles. The molecule has 1 atom stereocenters. The van der Waals surface area contributed by atoms with Gasteiger partial charge in [0.05, 0.1) is 39.6 Å². The minimum Gasteiger partial charge on any atom is -0.507 e. The Morgan fingerprint density at radius 2 is 1.59 bits per heavy atom. The highest BCUT2D eigenvalue weighted by Gasteiger charge is 2.48. The predicted octanol–water partition coefficient (Wildman–Crippen LogP) is 5.13. The first-order chi connectivity index (χ1) is 17.9. The molecule has 8 heteroatoms. The van der Waals surface area contributed by atoms with Gasteiger partial charge >= 0.3 is 0 Å². The van der Waals surface area contributed by atoms with Crippen molar-refractivity contribution in [1.82, 2.24) is 0 Å². The van der Waals surface area contributed by atoms with Gasteiger partial charge in [-0.3, -0.25) is 14.5 Å². The van der Waals surface area contributed by atoms with E-state index in [0.717, 1.165) is 6.42 Å². The van der Waals surface area contributed by atoms with E-state index in [4.69, 9.17) is 18.9 Å². The number of carbonyl (C=O) groups excluding carboxylic acids is 2. The van der Waals surface area contributed by atoms with Gasteiger partial charge in [-0.2, -0.15) is 0 Å². The van der Waals surface area contributed by atoms with Gasteiger partial charge in [0.15, 0.2) is 11.5 Å². The Kier molecular flexibility index (Phi) is 7.67. The SMILES string of the molecule is CCCOc1cccc(N2C(=O)C(=O)/C(=C(/O)c3ccc(OC)c(OC)c3)C2c2ccccc2OC)c1. The van der Waals surface area contributed by atoms with Crippen molar-refractivity contribution in [3.05, 3.63) is 83.4 Å². The molecule has 1 amide bonds. The van der Waals surface area contributed by atoms with Gasteiger partial charge in [0.1, 0.15) is 17.3 Å². The lowest BCUT2D eigenvalue weighted by Gasteiger charge is -2.27. The van der Waals surface area contributed by atoms with E-state index < -0.39 is 17.7 Å². The van der Waals surface area contributed by atoms with Crippen LogP contribution in [0.5, 0.6) is 23.0 Å². The summed E-state index contributed by atoms with van der Waals surface area (Å²) in [4.78, 5) is 28.3. The molecular weight excluding hydrogens is 474 g/mol. The van der Waals surface area contributed by atoms with Crippen molar-refractivity contribution in [3.63, 3.8) is 0 Å². The average Bonchev–Trinajstić information content (AvgIpc) is 3.20. The second kappa shape index (κ2) is 11.1. The Morgan fingerprint density at radius 1 is 0.865 bits per heavy atom. The molecule has 3 aromatic carbocycles. The monoisotopic (exact) mass is 503 g/mol. The number of ketones is 1. The quantitative estimate of drug-likeness (QED) is 0.246. The van der Waals surface area contributed by atoms with Crippen molar-refractivity contribution >= 4 is 23.1 Å². The Hall–Kier alpha value is -4.46. The van der Waals surface area contributed by atoms with Crippen LogP contribution in [0.4, 0.5) is 5.69 Å². The lowest BCUT2D eigenvalue weighted by molar-refractivity contribution is -0.132. The number of ether oxygens (including phenoxy) is 4. The smallest absolute Gasteiger partial charge is 0.300 e. The number of carbonyl (C=O) groups is 2. The van der Waals surface area contributed by atoms with Crippen LogP contribution in [0, 0.1) is 0 Å². The Morgan fingerprint density at radius 3 is 2.30 bits per heavy atom. The third-order valence-electron chi connectivity index (χ3n) is 6.10. The molecule has 192 valence electrons. The maximum atomic E-state index is 13.5. The molecular formula is C29H29NO7. The summed E-state index contributed by atoms with van der Waals surface area (Å²) in [5.74, 6) is -0.0549. The van der Waals surface area contributed by atoms with Gasteiger partial charge in [-0.05, 0) is 42.8 Å². The van der Waals surface area contributed by atoms with Gasteiger partial charge in [-0.1, -0.05) is 31.2 Å². The van der Waals surface area contributed by atoms with Gasteiger partial charge in [0.25, 0.3) is 11.7 Å². The molecule has 4 rings (SSSR count). The lowest BCUT2D eigenvalue weighted by atomic mass is 9.94. The molecule has 0 aliphatic carbocycles. The topological polar surface area (TPSA) is 94.5 Å². The van der Waals surface area contributed by atoms with Crippen LogP contribution < -0.4 is 23.8 Å². The number of methoxy groups -OCH3 is 3. The zero-order valence-corrected chi connectivity index (χ0v) is 21.2. The molecule has 0 bridgehead atoms. The third kappa shape index (κ3) is 4.82. The molecule has 0 aromatic heterocycles. The van der Waals surface area contributed by atoms with Crippen LogP contribution >= 0.6 is 0 Å². The summed E-state index contributed by atoms with van der Waals surface area (Å²) in [7, 11) is 4.49. The molecule has 1 fully saturated rings. The highest BCUT2D eigenvalue weighted by atomic mass is 16.5. The number of rotatable bonds is 9. The van der Waals surface area contributed by atoms with Gasteiger partial charge in [0.2, 0.25) is 0 Å². The van der Waals surface area contributed by atoms with E-state index >= 15 is 0 Å². The van der Waals surface area contributed by atoms with E-state index in [1.807, 2.05) is 6.92 Å². The maximum absolute atomic E-state index is 13.5. The summed E-state index contributed by atoms with van der Waals surface area (Å²) in [6.45, 7) is 2.51. The van der Waals surface area contributed by atoms with Crippen LogP contribution in [0.3, 0.4) is 0 Å². The molecule has 1 aliphatic heterocycles. The summed E-state index contributed by atoms with van der Waals surface area (Å²) >= 11 is 0. The van der Waals surface area contributed by atoms with Crippen molar-refractivity contribution in [2.75, 3.05) is 32.8 Å². The molecule has 1 unspecified atom stereocenters. The van der Waals surface area contributed by atoms with Crippen molar-refractivity contribution < 1.29 is 33.6 Å². The van der Waals surface area contributed by atoms with E-state index in [1.54, 1.807) is 66.7 Å². The molecule has 1 aliphatic rings. The normalized spacial score (nSPS) is 16.5. The van der Waals surface area contributed by atoms with Gasteiger partial charge < -0.3 is 24.1 Å². The molecule has 0 spiro atoms. The number of hydrogen-bond acceptors (Lipinski definition) is 7. The Balaban J connectivity index is 1.94. The van der Waals surface area contributed by atoms with E-state index in [-0.39, 0.29) is 11.3 Å². The third-order valence-corrected chi connectivity index (χ3v) is 6.10. The van der Waals surface area contributed by atoms with E-state index in [9.17, 15) is 14.7 Å². The summed E-state index contributed by atoms with van der Waals surface area (Å²) in [5, 5.41) is 11.4. The van der Waals surface area contributed by atoms with Crippen LogP contribution in [-0.4, -0.2) is 44.7 Å². The summed E-state index contributed by atoms with van der Waals surface area (Å²) < 4.78 is 22.0. The van der Waals surface area contributed by atoms with Gasteiger partial charge in [-0.15, -0.1) is 0 Å². The number of nitrogens with zero attached hydrogens (tertiary/aromatic N) is 1. The van der Waals surface area contributed by atoms with E-state index in [0.29, 0.717) is 46.4 Å².